The third-order valence-electron chi connectivity index (χ3n) is 2.56. The summed E-state index contributed by atoms with van der Waals surface area (Å²) in [7, 11) is 0. The maximum atomic E-state index is 10.4. The molecule has 1 aliphatic heterocycles. The van der Waals surface area contributed by atoms with Crippen LogP contribution in [0.3, 0.4) is 0 Å². The molecule has 0 aromatic carbocycles. The summed E-state index contributed by atoms with van der Waals surface area (Å²) in [6.07, 6.45) is 3.71. The number of aliphatic carboxylic acids is 1. The standard InChI is InChI=1S/C10H18O3/c1-7-5-9(3-4-10(11)12)6-8(2)13-7/h7-9H,3-6H2,1-2H3,(H,11,12)/t7-,8+,9?. The van der Waals surface area contributed by atoms with E-state index in [-0.39, 0.29) is 0 Å². The first-order chi connectivity index (χ1) is 6.08. The average Bonchev–Trinajstić information content (AvgIpc) is 1.99. The fraction of sp³-hybridized carbons (Fsp3) is 0.900. The van der Waals surface area contributed by atoms with E-state index < -0.39 is 5.97 Å². The summed E-state index contributed by atoms with van der Waals surface area (Å²) in [6, 6.07) is 0. The van der Waals surface area contributed by atoms with Crippen molar-refractivity contribution in [2.45, 2.75) is 51.7 Å². The summed E-state index contributed by atoms with van der Waals surface area (Å²) in [5.41, 5.74) is 0. The lowest BCUT2D eigenvalue weighted by molar-refractivity contribution is -0.137. The second-order valence-corrected chi connectivity index (χ2v) is 4.03. The van der Waals surface area contributed by atoms with Crippen LogP contribution in [-0.4, -0.2) is 23.3 Å². The van der Waals surface area contributed by atoms with Crippen LogP contribution in [0.15, 0.2) is 0 Å². The van der Waals surface area contributed by atoms with Gasteiger partial charge in [-0.1, -0.05) is 0 Å². The summed E-state index contributed by atoms with van der Waals surface area (Å²) in [5, 5.41) is 8.54. The number of rotatable bonds is 3. The summed E-state index contributed by atoms with van der Waals surface area (Å²) in [6.45, 7) is 4.12. The molecule has 0 radical (unpaired) electrons. The Morgan fingerprint density at radius 3 is 2.38 bits per heavy atom. The largest absolute Gasteiger partial charge is 0.481 e. The van der Waals surface area contributed by atoms with Crippen molar-refractivity contribution in [3.8, 4) is 0 Å². The highest BCUT2D eigenvalue weighted by Gasteiger charge is 2.24. The molecule has 1 N–H and O–H groups in total. The van der Waals surface area contributed by atoms with Gasteiger partial charge in [-0.05, 0) is 39.0 Å². The number of ether oxygens (including phenoxy) is 1. The Bertz CT molecular complexity index is 169. The second-order valence-electron chi connectivity index (χ2n) is 4.03. The van der Waals surface area contributed by atoms with E-state index in [2.05, 4.69) is 13.8 Å². The Morgan fingerprint density at radius 2 is 1.92 bits per heavy atom. The van der Waals surface area contributed by atoms with E-state index in [4.69, 9.17) is 9.84 Å². The Kier molecular flexibility index (Phi) is 3.72. The molecule has 0 spiro atoms. The molecule has 76 valence electrons. The zero-order chi connectivity index (χ0) is 9.84. The number of hydrogen-bond donors (Lipinski definition) is 1. The number of hydrogen-bond acceptors (Lipinski definition) is 2. The lowest BCUT2D eigenvalue weighted by Crippen LogP contribution is -2.29. The molecule has 0 aromatic heterocycles. The monoisotopic (exact) mass is 186 g/mol. The predicted molar refractivity (Wildman–Crippen MR) is 49.6 cm³/mol. The minimum Gasteiger partial charge on any atom is -0.481 e. The minimum absolute atomic E-state index is 0.294. The molecular formula is C10H18O3. The van der Waals surface area contributed by atoms with Crippen molar-refractivity contribution in [2.24, 2.45) is 5.92 Å². The number of carbonyl (C=O) groups is 1. The average molecular weight is 186 g/mol. The Hall–Kier alpha value is -0.570. The molecule has 3 nitrogen and oxygen atoms in total. The number of carboxylic acid groups (broad SMARTS) is 1. The van der Waals surface area contributed by atoms with E-state index in [1.807, 2.05) is 0 Å². The molecule has 3 atom stereocenters. The topological polar surface area (TPSA) is 46.5 Å². The maximum absolute atomic E-state index is 10.4. The van der Waals surface area contributed by atoms with Gasteiger partial charge in [-0.2, -0.15) is 0 Å². The molecule has 0 saturated carbocycles. The van der Waals surface area contributed by atoms with Gasteiger partial charge in [0.2, 0.25) is 0 Å². The Morgan fingerprint density at radius 1 is 1.38 bits per heavy atom. The van der Waals surface area contributed by atoms with Crippen LogP contribution in [0.5, 0.6) is 0 Å². The molecule has 1 unspecified atom stereocenters. The van der Waals surface area contributed by atoms with Gasteiger partial charge >= 0.3 is 5.97 Å². The van der Waals surface area contributed by atoms with Crippen molar-refractivity contribution in [3.05, 3.63) is 0 Å². The van der Waals surface area contributed by atoms with Gasteiger partial charge in [-0.25, -0.2) is 0 Å². The van der Waals surface area contributed by atoms with Crippen molar-refractivity contribution in [1.82, 2.24) is 0 Å². The smallest absolute Gasteiger partial charge is 0.303 e. The molecule has 1 aliphatic rings. The third-order valence-corrected chi connectivity index (χ3v) is 2.56. The summed E-state index contributed by atoms with van der Waals surface area (Å²) in [5.74, 6) is -0.151. The molecule has 1 rings (SSSR count). The van der Waals surface area contributed by atoms with Gasteiger partial charge in [-0.15, -0.1) is 0 Å². The van der Waals surface area contributed by atoms with Gasteiger partial charge in [0.1, 0.15) is 0 Å². The van der Waals surface area contributed by atoms with E-state index in [9.17, 15) is 4.79 Å². The van der Waals surface area contributed by atoms with Crippen LogP contribution < -0.4 is 0 Å². The molecule has 0 amide bonds. The highest BCUT2D eigenvalue weighted by atomic mass is 16.5. The number of carboxylic acids is 1. The van der Waals surface area contributed by atoms with E-state index in [1.54, 1.807) is 0 Å². The van der Waals surface area contributed by atoms with E-state index in [0.29, 0.717) is 24.5 Å². The minimum atomic E-state index is -0.688. The van der Waals surface area contributed by atoms with Gasteiger partial charge in [0.25, 0.3) is 0 Å². The third kappa shape index (κ3) is 3.77. The van der Waals surface area contributed by atoms with Crippen LogP contribution in [0.2, 0.25) is 0 Å². The van der Waals surface area contributed by atoms with Gasteiger partial charge in [0, 0.05) is 6.42 Å². The lowest BCUT2D eigenvalue weighted by Gasteiger charge is -2.31. The van der Waals surface area contributed by atoms with E-state index >= 15 is 0 Å². The molecule has 1 saturated heterocycles. The lowest BCUT2D eigenvalue weighted by atomic mass is 9.89. The maximum Gasteiger partial charge on any atom is 0.303 e. The highest BCUT2D eigenvalue weighted by Crippen LogP contribution is 2.27. The first-order valence-corrected chi connectivity index (χ1v) is 4.95. The van der Waals surface area contributed by atoms with Crippen molar-refractivity contribution >= 4 is 5.97 Å². The first-order valence-electron chi connectivity index (χ1n) is 4.95. The Balaban J connectivity index is 2.28. The van der Waals surface area contributed by atoms with Gasteiger partial charge in [0.15, 0.2) is 0 Å². The van der Waals surface area contributed by atoms with Crippen LogP contribution >= 0.6 is 0 Å². The molecule has 0 aliphatic carbocycles. The summed E-state index contributed by atoms with van der Waals surface area (Å²) >= 11 is 0. The zero-order valence-corrected chi connectivity index (χ0v) is 8.32. The van der Waals surface area contributed by atoms with Crippen LogP contribution in [0.4, 0.5) is 0 Å². The van der Waals surface area contributed by atoms with Crippen molar-refractivity contribution in [3.63, 3.8) is 0 Å². The normalized spacial score (nSPS) is 34.5. The fourth-order valence-electron chi connectivity index (χ4n) is 2.11. The molecule has 13 heavy (non-hydrogen) atoms. The molecule has 1 heterocycles. The van der Waals surface area contributed by atoms with Gasteiger partial charge in [0.05, 0.1) is 12.2 Å². The van der Waals surface area contributed by atoms with Crippen molar-refractivity contribution < 1.29 is 14.6 Å². The zero-order valence-electron chi connectivity index (χ0n) is 8.32. The fourth-order valence-corrected chi connectivity index (χ4v) is 2.11. The van der Waals surface area contributed by atoms with Crippen molar-refractivity contribution in [1.29, 1.82) is 0 Å². The molecule has 1 fully saturated rings. The van der Waals surface area contributed by atoms with E-state index in [1.165, 1.54) is 0 Å². The first kappa shape index (κ1) is 10.5. The van der Waals surface area contributed by atoms with E-state index in [0.717, 1.165) is 19.3 Å². The van der Waals surface area contributed by atoms with Crippen LogP contribution in [0.1, 0.15) is 39.5 Å². The van der Waals surface area contributed by atoms with Crippen LogP contribution in [0, 0.1) is 5.92 Å². The quantitative estimate of drug-likeness (QED) is 0.733. The van der Waals surface area contributed by atoms with Gasteiger partial charge < -0.3 is 9.84 Å². The SMILES string of the molecule is C[C@@H]1CC(CCC(=O)O)C[C@H](C)O1. The highest BCUT2D eigenvalue weighted by molar-refractivity contribution is 5.66. The molecule has 0 aromatic rings. The molecular weight excluding hydrogens is 168 g/mol. The summed E-state index contributed by atoms with van der Waals surface area (Å²) < 4.78 is 5.58. The van der Waals surface area contributed by atoms with Crippen LogP contribution in [0.25, 0.3) is 0 Å². The summed E-state index contributed by atoms with van der Waals surface area (Å²) in [4.78, 5) is 10.4. The van der Waals surface area contributed by atoms with Crippen molar-refractivity contribution in [2.75, 3.05) is 0 Å². The second kappa shape index (κ2) is 4.61. The molecule has 0 bridgehead atoms. The Labute approximate surface area is 79.1 Å². The van der Waals surface area contributed by atoms with Gasteiger partial charge in [-0.3, -0.25) is 4.79 Å². The predicted octanol–water partition coefficient (Wildman–Crippen LogP) is 2.05. The molecule has 3 heteroatoms. The van der Waals surface area contributed by atoms with Crippen LogP contribution in [-0.2, 0) is 9.53 Å².